The van der Waals surface area contributed by atoms with Crippen LogP contribution in [0.3, 0.4) is 0 Å². The van der Waals surface area contributed by atoms with Crippen molar-refractivity contribution in [3.05, 3.63) is 60.2 Å². The molecule has 3 fully saturated rings. The van der Waals surface area contributed by atoms with Gasteiger partial charge in [0.1, 0.15) is 17.6 Å². The van der Waals surface area contributed by atoms with Crippen LogP contribution < -0.4 is 0 Å². The molecule has 0 saturated carbocycles. The third-order valence-electron chi connectivity index (χ3n) is 9.25. The van der Waals surface area contributed by atoms with Gasteiger partial charge in [0, 0.05) is 32.7 Å². The number of rotatable bonds is 7. The molecule has 220 valence electrons. The molecular formula is C31H39N3O7. The second-order valence-electron chi connectivity index (χ2n) is 11.8. The van der Waals surface area contributed by atoms with Crippen LogP contribution in [0.2, 0.25) is 0 Å². The van der Waals surface area contributed by atoms with Gasteiger partial charge in [0.15, 0.2) is 0 Å². The molecule has 5 aliphatic rings. The highest BCUT2D eigenvalue weighted by Gasteiger charge is 2.75. The number of hydrogen-bond acceptors (Lipinski definition) is 8. The first-order valence-electron chi connectivity index (χ1n) is 14.7. The lowest BCUT2D eigenvalue weighted by Gasteiger charge is -2.40. The molecule has 1 unspecified atom stereocenters. The van der Waals surface area contributed by atoms with Gasteiger partial charge in [-0.1, -0.05) is 54.6 Å². The molecule has 3 saturated heterocycles. The maximum Gasteiger partial charge on any atom is 0.313 e. The zero-order valence-corrected chi connectivity index (χ0v) is 23.5. The van der Waals surface area contributed by atoms with Gasteiger partial charge in [-0.05, 0) is 25.3 Å². The van der Waals surface area contributed by atoms with Gasteiger partial charge in [-0.2, -0.15) is 0 Å². The summed E-state index contributed by atoms with van der Waals surface area (Å²) >= 11 is 0. The molecule has 1 spiro atoms. The Labute approximate surface area is 240 Å². The van der Waals surface area contributed by atoms with Crippen molar-refractivity contribution in [2.24, 2.45) is 11.8 Å². The van der Waals surface area contributed by atoms with Gasteiger partial charge < -0.3 is 29.1 Å². The van der Waals surface area contributed by atoms with Gasteiger partial charge in [0.05, 0.1) is 44.0 Å². The molecule has 0 radical (unpaired) electrons. The smallest absolute Gasteiger partial charge is 0.313 e. The van der Waals surface area contributed by atoms with Gasteiger partial charge in [0.25, 0.3) is 0 Å². The highest BCUT2D eigenvalue weighted by molar-refractivity contribution is 5.99. The zero-order chi connectivity index (χ0) is 28.6. The Kier molecular flexibility index (Phi) is 7.76. The first kappa shape index (κ1) is 28.1. The summed E-state index contributed by atoms with van der Waals surface area (Å²) in [5.74, 6) is -2.98. The van der Waals surface area contributed by atoms with Gasteiger partial charge in [0.2, 0.25) is 11.8 Å². The summed E-state index contributed by atoms with van der Waals surface area (Å²) in [4.78, 5) is 48.1. The van der Waals surface area contributed by atoms with E-state index in [0.717, 1.165) is 18.7 Å². The van der Waals surface area contributed by atoms with Gasteiger partial charge in [-0.15, -0.1) is 0 Å². The van der Waals surface area contributed by atoms with Crippen molar-refractivity contribution in [1.29, 1.82) is 0 Å². The molecule has 6 atom stereocenters. The van der Waals surface area contributed by atoms with Crippen molar-refractivity contribution in [2.45, 2.75) is 43.1 Å². The van der Waals surface area contributed by atoms with Crippen molar-refractivity contribution >= 4 is 17.8 Å². The Balaban J connectivity index is 1.39. The van der Waals surface area contributed by atoms with E-state index in [1.807, 2.05) is 54.6 Å². The number of hydrogen-bond donors (Lipinski definition) is 1. The largest absolute Gasteiger partial charge is 0.465 e. The van der Waals surface area contributed by atoms with E-state index in [-0.39, 0.29) is 25.0 Å². The fourth-order valence-corrected chi connectivity index (χ4v) is 7.29. The number of nitrogens with zero attached hydrogens (tertiary/aromatic N) is 3. The lowest BCUT2D eigenvalue weighted by atomic mass is 9.74. The third-order valence-corrected chi connectivity index (χ3v) is 9.25. The zero-order valence-electron chi connectivity index (χ0n) is 23.5. The minimum Gasteiger partial charge on any atom is -0.465 e. The molecule has 0 aromatic heterocycles. The average Bonchev–Trinajstić information content (AvgIpc) is 3.31. The Morgan fingerprint density at radius 1 is 0.976 bits per heavy atom. The van der Waals surface area contributed by atoms with Crippen LogP contribution in [0.5, 0.6) is 0 Å². The van der Waals surface area contributed by atoms with E-state index in [0.29, 0.717) is 45.7 Å². The lowest BCUT2D eigenvalue weighted by Crippen LogP contribution is -2.59. The molecule has 1 N–H and O–H groups in total. The number of carbonyl (C=O) groups excluding carboxylic acids is 3. The summed E-state index contributed by atoms with van der Waals surface area (Å²) < 4.78 is 17.9. The minimum atomic E-state index is -1.38. The van der Waals surface area contributed by atoms with Crippen LogP contribution in [0.1, 0.15) is 18.9 Å². The maximum absolute atomic E-state index is 14.5. The standard InChI is InChI=1S/C31H39N3O7/c1-30-10-5-6-17-40-29(38)25(30)24-27(36)34(23(21-35)20-22-8-3-2-4-9-22)26-28(37)33(12-7-11-31(24,26)41-30)14-13-32-15-18-39-19-16-32/h2-5,7-11,23-26,35H,6,12-21H2,1H3/t23-,24+,25-,26?,30+,31+/m1/s1. The number of fused-ring (bicyclic) bond motifs is 2. The summed E-state index contributed by atoms with van der Waals surface area (Å²) in [5, 5.41) is 10.6. The monoisotopic (exact) mass is 565 g/mol. The number of benzene rings is 1. The molecule has 0 bridgehead atoms. The first-order valence-corrected chi connectivity index (χ1v) is 14.7. The molecule has 1 aromatic carbocycles. The van der Waals surface area contributed by atoms with Crippen molar-refractivity contribution in [3.8, 4) is 0 Å². The van der Waals surface area contributed by atoms with Crippen molar-refractivity contribution < 1.29 is 33.7 Å². The number of likely N-dealkylation sites (tertiary alicyclic amines) is 1. The molecule has 6 rings (SSSR count). The predicted octanol–water partition coefficient (Wildman–Crippen LogP) is 0.795. The van der Waals surface area contributed by atoms with Crippen LogP contribution in [0, 0.1) is 11.8 Å². The fourth-order valence-electron chi connectivity index (χ4n) is 7.29. The van der Waals surface area contributed by atoms with E-state index in [9.17, 15) is 19.5 Å². The summed E-state index contributed by atoms with van der Waals surface area (Å²) in [6, 6.07) is 7.89. The molecule has 0 aliphatic carbocycles. The van der Waals surface area contributed by atoms with E-state index in [4.69, 9.17) is 14.2 Å². The van der Waals surface area contributed by atoms with Crippen LogP contribution in [0.4, 0.5) is 0 Å². The minimum absolute atomic E-state index is 0.223. The van der Waals surface area contributed by atoms with Crippen molar-refractivity contribution in [2.75, 3.05) is 59.2 Å². The number of ether oxygens (including phenoxy) is 3. The van der Waals surface area contributed by atoms with E-state index in [1.54, 1.807) is 11.8 Å². The molecule has 2 amide bonds. The molecule has 1 aromatic rings. The molecule has 10 nitrogen and oxygen atoms in total. The SMILES string of the molecule is C[C@]12C=CCCOC(=O)[C@H]1[C@H]1C(=O)N([C@@H](CO)Cc3ccccc3)C3C(=O)N(CCN4CCOCC4)CC=C[C@@]31O2. The first-order chi connectivity index (χ1) is 19.9. The van der Waals surface area contributed by atoms with Crippen LogP contribution in [-0.4, -0.2) is 120 Å². The van der Waals surface area contributed by atoms with E-state index in [2.05, 4.69) is 4.90 Å². The van der Waals surface area contributed by atoms with Crippen LogP contribution in [0.15, 0.2) is 54.6 Å². The number of amides is 2. The summed E-state index contributed by atoms with van der Waals surface area (Å²) in [7, 11) is 0. The number of aliphatic hydroxyl groups is 1. The van der Waals surface area contributed by atoms with E-state index >= 15 is 0 Å². The quantitative estimate of drug-likeness (QED) is 0.382. The second-order valence-corrected chi connectivity index (χ2v) is 11.8. The average molecular weight is 566 g/mol. The second kappa shape index (κ2) is 11.3. The molecule has 10 heteroatoms. The van der Waals surface area contributed by atoms with E-state index in [1.165, 1.54) is 4.90 Å². The highest BCUT2D eigenvalue weighted by atomic mass is 16.6. The summed E-state index contributed by atoms with van der Waals surface area (Å²) in [5.41, 5.74) is -1.56. The number of morpholine rings is 1. The van der Waals surface area contributed by atoms with Crippen molar-refractivity contribution in [3.63, 3.8) is 0 Å². The molecule has 5 aliphatic heterocycles. The summed E-state index contributed by atoms with van der Waals surface area (Å²) in [6.45, 7) is 6.16. The fraction of sp³-hybridized carbons (Fsp3) is 0.581. The highest BCUT2D eigenvalue weighted by Crippen LogP contribution is 2.57. The van der Waals surface area contributed by atoms with Crippen LogP contribution in [0.25, 0.3) is 0 Å². The van der Waals surface area contributed by atoms with Gasteiger partial charge in [-0.3, -0.25) is 19.3 Å². The lowest BCUT2D eigenvalue weighted by molar-refractivity contribution is -0.162. The van der Waals surface area contributed by atoms with E-state index < -0.39 is 41.1 Å². The van der Waals surface area contributed by atoms with Gasteiger partial charge in [-0.25, -0.2) is 0 Å². The topological polar surface area (TPSA) is 109 Å². The normalized spacial score (nSPS) is 34.4. The molecule has 5 heterocycles. The third kappa shape index (κ3) is 4.90. The number of esters is 1. The Bertz CT molecular complexity index is 1220. The Morgan fingerprint density at radius 2 is 1.76 bits per heavy atom. The van der Waals surface area contributed by atoms with Gasteiger partial charge >= 0.3 is 5.97 Å². The predicted molar refractivity (Wildman–Crippen MR) is 149 cm³/mol. The molecular weight excluding hydrogens is 526 g/mol. The molecule has 41 heavy (non-hydrogen) atoms. The maximum atomic E-state index is 14.5. The number of cyclic esters (lactones) is 1. The Hall–Kier alpha value is -3.05. The summed E-state index contributed by atoms with van der Waals surface area (Å²) in [6.07, 6.45) is 8.40. The van der Waals surface area contributed by atoms with Crippen LogP contribution >= 0.6 is 0 Å². The number of carbonyl (C=O) groups is 3. The van der Waals surface area contributed by atoms with Crippen LogP contribution in [-0.2, 0) is 35.0 Å². The Morgan fingerprint density at radius 3 is 2.51 bits per heavy atom. The van der Waals surface area contributed by atoms with Crippen molar-refractivity contribution in [1.82, 2.24) is 14.7 Å². The number of aliphatic hydroxyl groups excluding tert-OH is 1.